The second-order valence-electron chi connectivity index (χ2n) is 12.5. The van der Waals surface area contributed by atoms with E-state index in [2.05, 4.69) is 5.32 Å². The van der Waals surface area contributed by atoms with Crippen LogP contribution in [-0.4, -0.2) is 92.0 Å². The van der Waals surface area contributed by atoms with Gasteiger partial charge in [-0.3, -0.25) is 14.4 Å². The normalized spacial score (nSPS) is 15.7. The van der Waals surface area contributed by atoms with E-state index in [-0.39, 0.29) is 37.0 Å². The SMILES string of the molecule is CCOC(=O)CCCCC(=O)NCCSSCCCC(=O)N1C[C@H](O)C[C@H]1COC(c1ccccc1)(c1ccc(OC)cc1)c1ccc(OC)cc1. The molecular weight excluding hydrogens is 701 g/mol. The minimum Gasteiger partial charge on any atom is -0.497 e. The number of aliphatic hydroxyl groups excluding tert-OH is 1. The molecule has 0 aromatic heterocycles. The highest BCUT2D eigenvalue weighted by Gasteiger charge is 2.41. The molecule has 3 aromatic rings. The number of aliphatic hydroxyl groups is 1. The molecule has 0 saturated carbocycles. The topological polar surface area (TPSA) is 124 Å². The molecule has 12 heteroatoms. The van der Waals surface area contributed by atoms with Crippen LogP contribution in [0.5, 0.6) is 11.5 Å². The molecule has 0 unspecified atom stereocenters. The van der Waals surface area contributed by atoms with Crippen molar-refractivity contribution in [2.45, 2.75) is 69.6 Å². The molecule has 1 saturated heterocycles. The van der Waals surface area contributed by atoms with Crippen molar-refractivity contribution < 1.29 is 38.4 Å². The summed E-state index contributed by atoms with van der Waals surface area (Å²) in [5.41, 5.74) is 1.73. The van der Waals surface area contributed by atoms with E-state index in [0.717, 1.165) is 39.7 Å². The van der Waals surface area contributed by atoms with Gasteiger partial charge in [-0.1, -0.05) is 76.2 Å². The summed E-state index contributed by atoms with van der Waals surface area (Å²) in [5.74, 6) is 2.79. The van der Waals surface area contributed by atoms with Gasteiger partial charge in [0.15, 0.2) is 0 Å². The van der Waals surface area contributed by atoms with Crippen molar-refractivity contribution in [3.8, 4) is 11.5 Å². The van der Waals surface area contributed by atoms with Crippen molar-refractivity contribution in [3.05, 3.63) is 95.6 Å². The largest absolute Gasteiger partial charge is 0.497 e. The van der Waals surface area contributed by atoms with E-state index in [1.165, 1.54) is 0 Å². The molecule has 282 valence electrons. The van der Waals surface area contributed by atoms with Crippen LogP contribution in [0.25, 0.3) is 0 Å². The minimum absolute atomic E-state index is 0.00479. The zero-order chi connectivity index (χ0) is 37.2. The van der Waals surface area contributed by atoms with Gasteiger partial charge in [0.1, 0.15) is 17.1 Å². The van der Waals surface area contributed by atoms with Crippen molar-refractivity contribution in [2.75, 3.05) is 52.0 Å². The Morgan fingerprint density at radius 2 is 1.40 bits per heavy atom. The fourth-order valence-corrected chi connectivity index (χ4v) is 8.30. The maximum Gasteiger partial charge on any atom is 0.305 e. The van der Waals surface area contributed by atoms with Crippen molar-refractivity contribution >= 4 is 39.4 Å². The maximum atomic E-state index is 13.5. The number of carbonyl (C=O) groups is 3. The number of rotatable bonds is 22. The van der Waals surface area contributed by atoms with Gasteiger partial charge in [-0.15, -0.1) is 0 Å². The first-order valence-corrected chi connectivity index (χ1v) is 20.4. The number of ether oxygens (including phenoxy) is 4. The number of amides is 2. The summed E-state index contributed by atoms with van der Waals surface area (Å²) in [6.07, 6.45) is 2.92. The second kappa shape index (κ2) is 21.7. The second-order valence-corrected chi connectivity index (χ2v) is 15.2. The number of esters is 1. The van der Waals surface area contributed by atoms with E-state index >= 15 is 0 Å². The number of methoxy groups -OCH3 is 2. The first-order chi connectivity index (χ1) is 25.3. The molecule has 4 rings (SSSR count). The van der Waals surface area contributed by atoms with Crippen LogP contribution in [0, 0.1) is 0 Å². The summed E-state index contributed by atoms with van der Waals surface area (Å²) in [4.78, 5) is 38.7. The predicted molar refractivity (Wildman–Crippen MR) is 207 cm³/mol. The predicted octanol–water partition coefficient (Wildman–Crippen LogP) is 6.38. The molecule has 0 aliphatic carbocycles. The van der Waals surface area contributed by atoms with Crippen LogP contribution in [-0.2, 0) is 29.5 Å². The number of nitrogens with one attached hydrogen (secondary N) is 1. The molecule has 0 radical (unpaired) electrons. The van der Waals surface area contributed by atoms with Crippen LogP contribution in [0.1, 0.15) is 68.6 Å². The molecule has 0 bridgehead atoms. The van der Waals surface area contributed by atoms with Gasteiger partial charge in [0, 0.05) is 43.9 Å². The summed E-state index contributed by atoms with van der Waals surface area (Å²) in [6.45, 7) is 3.22. The Bertz CT molecular complexity index is 1480. The molecule has 0 spiro atoms. The molecule has 1 aliphatic rings. The van der Waals surface area contributed by atoms with Gasteiger partial charge in [-0.05, 0) is 73.6 Å². The van der Waals surface area contributed by atoms with Gasteiger partial charge in [0.2, 0.25) is 11.8 Å². The summed E-state index contributed by atoms with van der Waals surface area (Å²) in [6, 6.07) is 25.4. The van der Waals surface area contributed by atoms with Gasteiger partial charge in [-0.25, -0.2) is 0 Å². The average molecular weight is 753 g/mol. The third kappa shape index (κ3) is 11.9. The highest BCUT2D eigenvalue weighted by atomic mass is 33.1. The van der Waals surface area contributed by atoms with Crippen molar-refractivity contribution in [1.29, 1.82) is 0 Å². The monoisotopic (exact) mass is 752 g/mol. The number of β-amino-alcohol motifs (C(OH)–C–C–N with tert-alkyl or cyclic N) is 1. The number of benzene rings is 3. The number of unbranched alkanes of at least 4 members (excludes halogenated alkanes) is 1. The number of likely N-dealkylation sites (tertiary alicyclic amines) is 1. The Morgan fingerprint density at radius 3 is 2.02 bits per heavy atom. The maximum absolute atomic E-state index is 13.5. The van der Waals surface area contributed by atoms with E-state index < -0.39 is 11.7 Å². The van der Waals surface area contributed by atoms with Crippen LogP contribution >= 0.6 is 21.6 Å². The van der Waals surface area contributed by atoms with E-state index in [1.807, 2.05) is 78.9 Å². The summed E-state index contributed by atoms with van der Waals surface area (Å²) in [5, 5.41) is 13.6. The molecular formula is C40H52N2O8S2. The molecule has 1 fully saturated rings. The van der Waals surface area contributed by atoms with Gasteiger partial charge >= 0.3 is 5.97 Å². The average Bonchev–Trinajstić information content (AvgIpc) is 3.55. The lowest BCUT2D eigenvalue weighted by atomic mass is 9.80. The standard InChI is InChI=1S/C40H52N2O8S2/c1-4-49-39(46)15-9-8-13-37(44)41-24-26-52-51-25-10-14-38(45)42-28-34(43)27-33(42)29-50-40(30-11-6-5-7-12-30,31-16-20-35(47-2)21-17-31)32-18-22-36(48-3)23-19-32/h5-7,11-12,16-23,33-34,43H,4,8-10,13-15,24-29H2,1-3H3,(H,41,44)/t33-,34+/m0/s1. The highest BCUT2D eigenvalue weighted by Crippen LogP contribution is 2.42. The number of nitrogens with zero attached hydrogens (tertiary/aromatic N) is 1. The fourth-order valence-electron chi connectivity index (χ4n) is 6.30. The molecule has 52 heavy (non-hydrogen) atoms. The third-order valence-corrected chi connectivity index (χ3v) is 11.4. The Hall–Kier alpha value is -3.71. The first-order valence-electron chi connectivity index (χ1n) is 17.9. The van der Waals surface area contributed by atoms with Crippen molar-refractivity contribution in [3.63, 3.8) is 0 Å². The molecule has 10 nitrogen and oxygen atoms in total. The summed E-state index contributed by atoms with van der Waals surface area (Å²) < 4.78 is 22.9. The Balaban J connectivity index is 1.31. The highest BCUT2D eigenvalue weighted by molar-refractivity contribution is 8.76. The Morgan fingerprint density at radius 1 is 0.808 bits per heavy atom. The third-order valence-electron chi connectivity index (χ3n) is 8.93. The fraction of sp³-hybridized carbons (Fsp3) is 0.475. The molecule has 2 atom stereocenters. The van der Waals surface area contributed by atoms with Gasteiger partial charge in [0.25, 0.3) is 0 Å². The molecule has 1 heterocycles. The van der Waals surface area contributed by atoms with E-state index in [9.17, 15) is 19.5 Å². The lowest BCUT2D eigenvalue weighted by Crippen LogP contribution is -2.42. The molecule has 3 aromatic carbocycles. The van der Waals surface area contributed by atoms with E-state index in [1.54, 1.807) is 47.6 Å². The van der Waals surface area contributed by atoms with E-state index in [0.29, 0.717) is 58.1 Å². The van der Waals surface area contributed by atoms with Gasteiger partial charge < -0.3 is 34.3 Å². The van der Waals surface area contributed by atoms with E-state index in [4.69, 9.17) is 18.9 Å². The number of hydrogen-bond acceptors (Lipinski definition) is 10. The lowest BCUT2D eigenvalue weighted by Gasteiger charge is -2.38. The quantitative estimate of drug-likeness (QED) is 0.0518. The van der Waals surface area contributed by atoms with Crippen molar-refractivity contribution in [2.24, 2.45) is 0 Å². The molecule has 2 N–H and O–H groups in total. The van der Waals surface area contributed by atoms with Gasteiger partial charge in [0.05, 0.1) is 39.6 Å². The first kappa shape index (κ1) is 41.1. The zero-order valence-corrected chi connectivity index (χ0v) is 32.1. The minimum atomic E-state index is -1.01. The number of hydrogen-bond donors (Lipinski definition) is 2. The van der Waals surface area contributed by atoms with Crippen LogP contribution in [0.2, 0.25) is 0 Å². The smallest absolute Gasteiger partial charge is 0.305 e. The summed E-state index contributed by atoms with van der Waals surface area (Å²) in [7, 11) is 6.62. The molecule has 1 aliphatic heterocycles. The molecule has 2 amide bonds. The number of carbonyl (C=O) groups excluding carboxylic acids is 3. The van der Waals surface area contributed by atoms with Crippen LogP contribution in [0.15, 0.2) is 78.9 Å². The van der Waals surface area contributed by atoms with Crippen LogP contribution in [0.3, 0.4) is 0 Å². The van der Waals surface area contributed by atoms with Crippen LogP contribution < -0.4 is 14.8 Å². The van der Waals surface area contributed by atoms with Gasteiger partial charge in [-0.2, -0.15) is 0 Å². The Labute approximate surface area is 315 Å². The summed E-state index contributed by atoms with van der Waals surface area (Å²) >= 11 is 0. The Kier molecular flexibility index (Phi) is 17.2. The van der Waals surface area contributed by atoms with Crippen molar-refractivity contribution in [1.82, 2.24) is 10.2 Å². The van der Waals surface area contributed by atoms with Crippen LogP contribution in [0.4, 0.5) is 0 Å². The zero-order valence-electron chi connectivity index (χ0n) is 30.4. The lowest BCUT2D eigenvalue weighted by molar-refractivity contribution is -0.143.